The molecule has 0 radical (unpaired) electrons. The molecule has 0 amide bonds. The Labute approximate surface area is 96.5 Å². The third-order valence-electron chi connectivity index (χ3n) is 3.80. The topological polar surface area (TPSA) is 51.8 Å². The van der Waals surface area contributed by atoms with Crippen LogP contribution in [0.2, 0.25) is 0 Å². The maximum atomic E-state index is 5.72. The van der Waals surface area contributed by atoms with Gasteiger partial charge in [0.05, 0.1) is 0 Å². The van der Waals surface area contributed by atoms with Crippen molar-refractivity contribution in [2.24, 2.45) is 17.6 Å². The number of nitrogens with two attached hydrogens (primary N) is 1. The molecule has 0 aromatic carbocycles. The van der Waals surface area contributed by atoms with Crippen LogP contribution >= 0.6 is 0 Å². The summed E-state index contributed by atoms with van der Waals surface area (Å²) in [5.41, 5.74) is 8.35. The monoisotopic (exact) mass is 217 g/mol. The molecular formula is C13H19N3. The van der Waals surface area contributed by atoms with E-state index >= 15 is 0 Å². The van der Waals surface area contributed by atoms with Gasteiger partial charge in [-0.1, -0.05) is 0 Å². The smallest absolute Gasteiger partial charge is 0.128 e. The second-order valence-electron chi connectivity index (χ2n) is 5.25. The first-order valence-electron chi connectivity index (χ1n) is 6.39. The molecule has 1 saturated carbocycles. The molecule has 0 bridgehead atoms. The van der Waals surface area contributed by atoms with Gasteiger partial charge in [-0.15, -0.1) is 0 Å². The quantitative estimate of drug-likeness (QED) is 0.834. The average Bonchev–Trinajstić information content (AvgIpc) is 3.12. The lowest BCUT2D eigenvalue weighted by molar-refractivity contribution is 0.459. The van der Waals surface area contributed by atoms with Gasteiger partial charge >= 0.3 is 0 Å². The van der Waals surface area contributed by atoms with Crippen LogP contribution in [-0.4, -0.2) is 16.5 Å². The number of nitrogens with zero attached hydrogens (tertiary/aromatic N) is 2. The van der Waals surface area contributed by atoms with E-state index < -0.39 is 0 Å². The summed E-state index contributed by atoms with van der Waals surface area (Å²) >= 11 is 0. The van der Waals surface area contributed by atoms with E-state index in [1.807, 2.05) is 6.20 Å². The van der Waals surface area contributed by atoms with E-state index in [2.05, 4.69) is 4.98 Å². The molecule has 86 valence electrons. The number of rotatable bonds is 3. The third-order valence-corrected chi connectivity index (χ3v) is 3.80. The summed E-state index contributed by atoms with van der Waals surface area (Å²) in [6.07, 6.45) is 9.25. The minimum absolute atomic E-state index is 0.644. The number of aryl methyl sites for hydroxylation is 1. The maximum Gasteiger partial charge on any atom is 0.128 e. The minimum atomic E-state index is 0.644. The summed E-state index contributed by atoms with van der Waals surface area (Å²) < 4.78 is 0. The summed E-state index contributed by atoms with van der Waals surface area (Å²) in [5, 5.41) is 0. The largest absolute Gasteiger partial charge is 0.330 e. The Morgan fingerprint density at radius 3 is 2.88 bits per heavy atom. The summed E-state index contributed by atoms with van der Waals surface area (Å²) in [7, 11) is 0. The predicted molar refractivity (Wildman–Crippen MR) is 63.0 cm³/mol. The highest BCUT2D eigenvalue weighted by atomic mass is 14.9. The fourth-order valence-corrected chi connectivity index (χ4v) is 2.50. The zero-order valence-corrected chi connectivity index (χ0v) is 9.65. The molecule has 2 N–H and O–H groups in total. The van der Waals surface area contributed by atoms with Crippen LogP contribution in [0.25, 0.3) is 0 Å². The van der Waals surface area contributed by atoms with Crippen LogP contribution in [0.1, 0.15) is 36.3 Å². The van der Waals surface area contributed by atoms with Gasteiger partial charge < -0.3 is 5.73 Å². The zero-order chi connectivity index (χ0) is 11.0. The van der Waals surface area contributed by atoms with Crippen molar-refractivity contribution in [3.05, 3.63) is 23.3 Å². The number of fused-ring (bicyclic) bond motifs is 1. The molecule has 0 spiro atoms. The van der Waals surface area contributed by atoms with Gasteiger partial charge in [0.2, 0.25) is 0 Å². The fourth-order valence-electron chi connectivity index (χ4n) is 2.50. The van der Waals surface area contributed by atoms with Crippen molar-refractivity contribution < 1.29 is 0 Å². The van der Waals surface area contributed by atoms with Crippen LogP contribution < -0.4 is 5.73 Å². The molecular weight excluding hydrogens is 198 g/mol. The van der Waals surface area contributed by atoms with Gasteiger partial charge in [-0.25, -0.2) is 9.97 Å². The van der Waals surface area contributed by atoms with Gasteiger partial charge in [0.1, 0.15) is 5.82 Å². The summed E-state index contributed by atoms with van der Waals surface area (Å²) in [6.45, 7) is 0.795. The molecule has 3 nitrogen and oxygen atoms in total. The Balaban J connectivity index is 1.77. The van der Waals surface area contributed by atoms with Crippen LogP contribution in [0.5, 0.6) is 0 Å². The first kappa shape index (κ1) is 10.2. The molecule has 1 aromatic heterocycles. The van der Waals surface area contributed by atoms with Gasteiger partial charge in [0, 0.05) is 18.3 Å². The molecule has 1 fully saturated rings. The Morgan fingerprint density at radius 1 is 1.25 bits per heavy atom. The highest BCUT2D eigenvalue weighted by Crippen LogP contribution is 2.32. The van der Waals surface area contributed by atoms with Crippen LogP contribution in [-0.2, 0) is 19.3 Å². The number of hydrogen-bond donors (Lipinski definition) is 1. The molecule has 1 aromatic rings. The third kappa shape index (κ3) is 2.09. The molecule has 0 aliphatic heterocycles. The molecule has 2 aliphatic rings. The molecule has 1 heterocycles. The summed E-state index contributed by atoms with van der Waals surface area (Å²) in [6, 6.07) is 0. The number of aromatic nitrogens is 2. The Hall–Kier alpha value is -0.960. The minimum Gasteiger partial charge on any atom is -0.330 e. The zero-order valence-electron chi connectivity index (χ0n) is 9.65. The maximum absolute atomic E-state index is 5.72. The summed E-state index contributed by atoms with van der Waals surface area (Å²) in [4.78, 5) is 9.20. The van der Waals surface area contributed by atoms with Crippen molar-refractivity contribution in [2.75, 3.05) is 6.54 Å². The van der Waals surface area contributed by atoms with Crippen molar-refractivity contribution in [2.45, 2.75) is 38.5 Å². The summed E-state index contributed by atoms with van der Waals surface area (Å²) in [5.74, 6) is 2.58. The van der Waals surface area contributed by atoms with Crippen molar-refractivity contribution in [3.63, 3.8) is 0 Å². The molecule has 2 aliphatic carbocycles. The second kappa shape index (κ2) is 4.13. The van der Waals surface area contributed by atoms with Gasteiger partial charge in [0.15, 0.2) is 0 Å². The Kier molecular flexibility index (Phi) is 2.64. The average molecular weight is 217 g/mol. The molecule has 16 heavy (non-hydrogen) atoms. The second-order valence-corrected chi connectivity index (χ2v) is 5.25. The first-order chi connectivity index (χ1) is 7.85. The van der Waals surface area contributed by atoms with Crippen LogP contribution in [0, 0.1) is 11.8 Å². The van der Waals surface area contributed by atoms with E-state index in [-0.39, 0.29) is 0 Å². The molecule has 1 unspecified atom stereocenters. The number of hydrogen-bond acceptors (Lipinski definition) is 3. The first-order valence-corrected chi connectivity index (χ1v) is 6.39. The van der Waals surface area contributed by atoms with Crippen molar-refractivity contribution in [3.8, 4) is 0 Å². The van der Waals surface area contributed by atoms with Crippen molar-refractivity contribution in [1.82, 2.24) is 9.97 Å². The van der Waals surface area contributed by atoms with Crippen LogP contribution in [0.4, 0.5) is 0 Å². The fraction of sp³-hybridized carbons (Fsp3) is 0.692. The van der Waals surface area contributed by atoms with E-state index in [1.165, 1.54) is 30.5 Å². The van der Waals surface area contributed by atoms with Gasteiger partial charge in [-0.2, -0.15) is 0 Å². The van der Waals surface area contributed by atoms with Gasteiger partial charge in [-0.3, -0.25) is 0 Å². The van der Waals surface area contributed by atoms with E-state index in [0.717, 1.165) is 37.5 Å². The lowest BCUT2D eigenvalue weighted by Crippen LogP contribution is -2.23. The van der Waals surface area contributed by atoms with Crippen molar-refractivity contribution in [1.29, 1.82) is 0 Å². The molecule has 1 atom stereocenters. The Bertz CT molecular complexity index is 385. The normalized spacial score (nSPS) is 24.2. The predicted octanol–water partition coefficient (Wildman–Crippen LogP) is 1.49. The standard InChI is InChI=1S/C13H19N3/c14-7-10-3-4-12-11(5-10)8-15-13(16-12)6-9-1-2-9/h8-10H,1-7,14H2. The van der Waals surface area contributed by atoms with Crippen molar-refractivity contribution >= 4 is 0 Å². The van der Waals surface area contributed by atoms with E-state index in [0.29, 0.717) is 5.92 Å². The van der Waals surface area contributed by atoms with Gasteiger partial charge in [0.25, 0.3) is 0 Å². The highest BCUT2D eigenvalue weighted by Gasteiger charge is 2.24. The van der Waals surface area contributed by atoms with Gasteiger partial charge in [-0.05, 0) is 56.0 Å². The lowest BCUT2D eigenvalue weighted by atomic mass is 9.87. The van der Waals surface area contributed by atoms with Crippen LogP contribution in [0.3, 0.4) is 0 Å². The van der Waals surface area contributed by atoms with Crippen LogP contribution in [0.15, 0.2) is 6.20 Å². The molecule has 3 heteroatoms. The van der Waals surface area contributed by atoms with E-state index in [9.17, 15) is 0 Å². The highest BCUT2D eigenvalue weighted by molar-refractivity contribution is 5.21. The Morgan fingerprint density at radius 2 is 2.12 bits per heavy atom. The lowest BCUT2D eigenvalue weighted by Gasteiger charge is -2.22. The molecule has 3 rings (SSSR count). The SMILES string of the molecule is NCC1CCc2nc(CC3CC3)ncc2C1. The van der Waals surface area contributed by atoms with E-state index in [1.54, 1.807) is 0 Å². The molecule has 0 saturated heterocycles. The van der Waals surface area contributed by atoms with E-state index in [4.69, 9.17) is 10.7 Å².